The zero-order chi connectivity index (χ0) is 70.9. The molecule has 7 rings (SSSR count). The highest BCUT2D eigenvalue weighted by molar-refractivity contribution is 7.48. The quantitative estimate of drug-likeness (QED) is 0.0332. The number of halogens is 2. The van der Waals surface area contributed by atoms with E-state index in [4.69, 9.17) is 43.0 Å². The van der Waals surface area contributed by atoms with E-state index in [0.29, 0.717) is 30.5 Å². The Morgan fingerprint density at radius 3 is 2.05 bits per heavy atom. The van der Waals surface area contributed by atoms with Crippen molar-refractivity contribution in [2.45, 2.75) is 258 Å². The Hall–Kier alpha value is -5.62. The van der Waals surface area contributed by atoms with Crippen LogP contribution >= 0.6 is 7.82 Å². The van der Waals surface area contributed by atoms with E-state index in [1.165, 1.54) is 19.1 Å². The third kappa shape index (κ3) is 18.8. The number of fused-ring (bicyclic) bond motifs is 7. The van der Waals surface area contributed by atoms with Gasteiger partial charge in [-0.1, -0.05) is 55.8 Å². The van der Waals surface area contributed by atoms with E-state index in [9.17, 15) is 38.4 Å². The molecule has 3 amide bonds. The van der Waals surface area contributed by atoms with E-state index in [1.54, 1.807) is 141 Å². The van der Waals surface area contributed by atoms with Crippen LogP contribution in [0.3, 0.4) is 0 Å². The van der Waals surface area contributed by atoms with Crippen LogP contribution in [-0.4, -0.2) is 136 Å². The van der Waals surface area contributed by atoms with Crippen LogP contribution in [0, 0.1) is 28.6 Å². The number of carbonyl (C=O) groups excluding carboxylic acids is 7. The van der Waals surface area contributed by atoms with Crippen LogP contribution in [0.2, 0.25) is 0 Å². The Morgan fingerprint density at radius 2 is 1.44 bits per heavy atom. The van der Waals surface area contributed by atoms with Crippen LogP contribution in [0.4, 0.5) is 19.3 Å². The molecule has 2 aromatic carbocycles. The first kappa shape index (κ1) is 76.7. The minimum atomic E-state index is -4.50. The molecule has 24 heteroatoms. The van der Waals surface area contributed by atoms with Crippen molar-refractivity contribution >= 4 is 54.7 Å². The van der Waals surface area contributed by atoms with Crippen molar-refractivity contribution in [3.05, 3.63) is 89.0 Å². The number of amides is 3. The van der Waals surface area contributed by atoms with E-state index in [1.807, 2.05) is 18.2 Å². The number of allylic oxidation sites excluding steroid dienone is 4. The molecule has 0 aromatic heterocycles. The number of aliphatic hydroxyl groups excluding tert-OH is 1. The van der Waals surface area contributed by atoms with Gasteiger partial charge in [-0.3, -0.25) is 42.3 Å². The van der Waals surface area contributed by atoms with E-state index in [-0.39, 0.29) is 63.7 Å². The summed E-state index contributed by atoms with van der Waals surface area (Å²) in [7, 11) is -4.50. The molecule has 5 aliphatic rings. The topological polar surface area (TPSA) is 293 Å². The average molecular weight is 1350 g/mol. The summed E-state index contributed by atoms with van der Waals surface area (Å²) < 4.78 is 97.5. The SMILES string of the molecule is CC(C)(C)OC[C@H](NC(=O)[C@@H](N)CCC(=O)OC(C)(C)C)C(=O)C[C@@H](CCCCNC(=O)OC(C)(C)C)C(=O)Nc1cccc(Cc2ccc([C@@H]3O[C@@H]4C[C@H]5[C@@H]6C[C@H](F)C7=CC(=O)C=C[C@]7(C)[C@@]6(F)[C@@H](O)C[C@]5(C)[C@]4(C(=O)COP(=O)(OC(C)(C)C)OC(C)(C)C)O3)cc2)c1. The highest BCUT2D eigenvalue weighted by atomic mass is 31.2. The number of carbonyl (C=O) groups is 7. The first-order valence-corrected chi connectivity index (χ1v) is 34.5. The van der Waals surface area contributed by atoms with Crippen molar-refractivity contribution in [2.75, 3.05) is 25.1 Å². The largest absolute Gasteiger partial charge is 0.476 e. The van der Waals surface area contributed by atoms with E-state index >= 15 is 13.6 Å². The molecule has 13 atom stereocenters. The number of hydrogen-bond donors (Lipinski definition) is 5. The van der Waals surface area contributed by atoms with Gasteiger partial charge in [-0.2, -0.15) is 0 Å². The Morgan fingerprint density at radius 1 is 0.800 bits per heavy atom. The number of Topliss-reactive ketones (excluding diaryl/α,β-unsaturated/α-hetero) is 2. The number of benzene rings is 2. The summed E-state index contributed by atoms with van der Waals surface area (Å²) in [5, 5.41) is 20.7. The van der Waals surface area contributed by atoms with Crippen molar-refractivity contribution in [1.82, 2.24) is 10.6 Å². The average Bonchev–Trinajstić information content (AvgIpc) is 1.57. The molecule has 0 unspecified atom stereocenters. The monoisotopic (exact) mass is 1350 g/mol. The van der Waals surface area contributed by atoms with Crippen LogP contribution in [0.1, 0.15) is 198 Å². The van der Waals surface area contributed by atoms with Gasteiger partial charge in [-0.05, 0) is 203 Å². The number of unbranched alkanes of at least 4 members (excludes halogenated alkanes) is 1. The van der Waals surface area contributed by atoms with Gasteiger partial charge in [0.25, 0.3) is 0 Å². The molecule has 2 aromatic rings. The molecular formula is C71H103F2N4O17P. The van der Waals surface area contributed by atoms with Crippen LogP contribution in [-0.2, 0) is 77.0 Å². The lowest BCUT2D eigenvalue weighted by atomic mass is 9.44. The van der Waals surface area contributed by atoms with Gasteiger partial charge in [0.2, 0.25) is 11.8 Å². The maximum atomic E-state index is 18.4. The predicted molar refractivity (Wildman–Crippen MR) is 352 cm³/mol. The minimum Gasteiger partial charge on any atom is -0.460 e. The van der Waals surface area contributed by atoms with Crippen LogP contribution in [0.15, 0.2) is 72.3 Å². The predicted octanol–water partition coefficient (Wildman–Crippen LogP) is 11.6. The zero-order valence-corrected chi connectivity index (χ0v) is 59.4. The Balaban J connectivity index is 1.10. The maximum absolute atomic E-state index is 18.4. The summed E-state index contributed by atoms with van der Waals surface area (Å²) in [4.78, 5) is 95.2. The summed E-state index contributed by atoms with van der Waals surface area (Å²) in [6.07, 6.45) is -2.51. The summed E-state index contributed by atoms with van der Waals surface area (Å²) >= 11 is 0. The molecule has 1 heterocycles. The molecule has 21 nitrogen and oxygen atoms in total. The number of rotatable bonds is 26. The van der Waals surface area contributed by atoms with Gasteiger partial charge in [0, 0.05) is 53.3 Å². The lowest BCUT2D eigenvalue weighted by Crippen LogP contribution is -2.70. The minimum absolute atomic E-state index is 0.0104. The normalized spacial score (nSPS) is 27.8. The third-order valence-corrected chi connectivity index (χ3v) is 20.0. The number of alkyl halides is 2. The number of ketones is 3. The van der Waals surface area contributed by atoms with Gasteiger partial charge in [-0.25, -0.2) is 18.1 Å². The number of anilines is 1. The molecule has 95 heavy (non-hydrogen) atoms. The molecule has 528 valence electrons. The number of ether oxygens (including phenoxy) is 5. The molecule has 0 radical (unpaired) electrons. The van der Waals surface area contributed by atoms with Crippen LogP contribution < -0.4 is 21.7 Å². The van der Waals surface area contributed by atoms with E-state index < -0.39 is 160 Å². The third-order valence-electron chi connectivity index (χ3n) is 18.0. The molecule has 1 saturated heterocycles. The van der Waals surface area contributed by atoms with Crippen molar-refractivity contribution in [3.8, 4) is 0 Å². The molecule has 6 N–H and O–H groups in total. The standard InChI is InChI=1S/C71H103F2N4O17P/c1-63(2,3)87-40-53(77-60(84)52(74)28-29-58(82)90-64(4,5)6)54(79)35-45(22-18-19-32-75-62(85)92-65(7,8)9)59(83)76-46-23-20-21-43(34-46)33-42-24-26-44(27-25-42)61-89-57-38-48-49-37-51(72)50-36-47(78)30-31-68(50,16)70(49,73)55(80)39-69(48,17)71(57,91-61)56(81)41-88-95(86,93-66(10,11)12)94-67(13,14)15/h20-21,23-27,30-31,34,36,45,48-49,51-53,55,57,61,80H,18-19,22,28-29,32-33,35,37-41,74H2,1-17H3,(H,75,85)(H,76,83)(H,77,84)/t45-,48+,49+,51+,52+,53+,55+,57-,61-,68+,69+,70+,71-/m1/s1. The fourth-order valence-electron chi connectivity index (χ4n) is 14.0. The fraction of sp³-hybridized carbons (Fsp3) is 0.676. The number of hydrogen-bond acceptors (Lipinski definition) is 18. The number of aliphatic hydroxyl groups is 1. The number of nitrogens with one attached hydrogen (secondary N) is 3. The van der Waals surface area contributed by atoms with Gasteiger partial charge < -0.3 is 50.5 Å². The lowest BCUT2D eigenvalue weighted by Gasteiger charge is -2.63. The first-order valence-electron chi connectivity index (χ1n) is 33.1. The van der Waals surface area contributed by atoms with E-state index in [0.717, 1.165) is 17.2 Å². The zero-order valence-electron chi connectivity index (χ0n) is 58.5. The summed E-state index contributed by atoms with van der Waals surface area (Å²) in [6.45, 7) is 28.1. The lowest BCUT2D eigenvalue weighted by molar-refractivity contribution is -0.235. The van der Waals surface area contributed by atoms with Crippen LogP contribution in [0.25, 0.3) is 0 Å². The molecular weight excluding hydrogens is 1250 g/mol. The second-order valence-corrected chi connectivity index (χ2v) is 33.1. The van der Waals surface area contributed by atoms with Gasteiger partial charge in [-0.15, -0.1) is 0 Å². The van der Waals surface area contributed by atoms with Crippen molar-refractivity contribution in [3.63, 3.8) is 0 Å². The van der Waals surface area contributed by atoms with Crippen LogP contribution in [0.5, 0.6) is 0 Å². The Bertz CT molecular complexity index is 3250. The summed E-state index contributed by atoms with van der Waals surface area (Å²) in [6, 6.07) is 12.0. The summed E-state index contributed by atoms with van der Waals surface area (Å²) in [5.41, 5.74) is -3.11. The molecule has 1 aliphatic heterocycles. The highest BCUT2D eigenvalue weighted by Gasteiger charge is 2.80. The maximum Gasteiger partial charge on any atom is 0.476 e. The fourth-order valence-corrected chi connectivity index (χ4v) is 15.7. The molecule has 3 saturated carbocycles. The Kier molecular flexibility index (Phi) is 23.5. The number of nitrogens with two attached hydrogens (primary N) is 1. The molecule has 4 aliphatic carbocycles. The number of alkyl carbamates (subject to hydrolysis) is 1. The number of phosphoric acid groups is 1. The highest BCUT2D eigenvalue weighted by Crippen LogP contribution is 2.73. The first-order chi connectivity index (χ1) is 43.7. The number of esters is 1. The second kappa shape index (κ2) is 29.1. The van der Waals surface area contributed by atoms with Gasteiger partial charge in [0.15, 0.2) is 34.9 Å². The second-order valence-electron chi connectivity index (χ2n) is 31.6. The van der Waals surface area contributed by atoms with Crippen molar-refractivity contribution < 1.29 is 89.3 Å². The summed E-state index contributed by atoms with van der Waals surface area (Å²) in [5.74, 6) is -6.29. The molecule has 4 fully saturated rings. The van der Waals surface area contributed by atoms with E-state index in [2.05, 4.69) is 16.0 Å². The smallest absolute Gasteiger partial charge is 0.460 e. The van der Waals surface area contributed by atoms with Crippen molar-refractivity contribution in [2.24, 2.45) is 34.3 Å². The van der Waals surface area contributed by atoms with Crippen molar-refractivity contribution in [1.29, 1.82) is 0 Å². The van der Waals surface area contributed by atoms with Gasteiger partial charge in [0.05, 0.1) is 41.7 Å². The number of phosphoric ester groups is 1. The van der Waals surface area contributed by atoms with Gasteiger partial charge >= 0.3 is 19.9 Å². The Labute approximate surface area is 558 Å². The molecule has 0 bridgehead atoms. The molecule has 0 spiro atoms. The van der Waals surface area contributed by atoms with Gasteiger partial charge in [0.1, 0.15) is 30.0 Å².